The molecule has 4 nitrogen and oxygen atoms in total. The number of aliphatic carboxylic acids is 1. The molecule has 1 atom stereocenters. The Kier molecular flexibility index (Phi) is 6.07. The third-order valence-corrected chi connectivity index (χ3v) is 4.14. The highest BCUT2D eigenvalue weighted by Crippen LogP contribution is 2.32. The van der Waals surface area contributed by atoms with Gasteiger partial charge in [-0.05, 0) is 62.9 Å². The molecule has 0 aliphatic rings. The molecule has 0 bridgehead atoms. The summed E-state index contributed by atoms with van der Waals surface area (Å²) < 4.78 is 11.1. The first kappa shape index (κ1) is 18.8. The quantitative estimate of drug-likeness (QED) is 0.804. The van der Waals surface area contributed by atoms with Crippen molar-refractivity contribution in [2.24, 2.45) is 0 Å². The number of rotatable bonds is 7. The first-order valence-electron chi connectivity index (χ1n) is 8.45. The maximum atomic E-state index is 11.9. The fraction of sp³-hybridized carbons (Fsp3) is 0.381. The molecule has 1 N–H and O–H groups in total. The predicted molar refractivity (Wildman–Crippen MR) is 98.8 cm³/mol. The normalized spacial score (nSPS) is 12.1. The van der Waals surface area contributed by atoms with E-state index >= 15 is 0 Å². The van der Waals surface area contributed by atoms with Gasteiger partial charge in [-0.2, -0.15) is 0 Å². The van der Waals surface area contributed by atoms with Gasteiger partial charge in [0.15, 0.2) is 11.5 Å². The van der Waals surface area contributed by atoms with Crippen LogP contribution in [-0.4, -0.2) is 24.3 Å². The number of ether oxygens (including phenoxy) is 2. The van der Waals surface area contributed by atoms with Crippen LogP contribution in [-0.2, 0) is 11.2 Å². The van der Waals surface area contributed by atoms with E-state index < -0.39 is 11.9 Å². The Morgan fingerprint density at radius 1 is 1.08 bits per heavy atom. The fourth-order valence-corrected chi connectivity index (χ4v) is 2.89. The molecular weight excluding hydrogens is 316 g/mol. The lowest BCUT2D eigenvalue weighted by atomic mass is 9.88. The lowest BCUT2D eigenvalue weighted by Crippen LogP contribution is -2.16. The van der Waals surface area contributed by atoms with E-state index in [-0.39, 0.29) is 6.10 Å². The zero-order chi connectivity index (χ0) is 18.6. The van der Waals surface area contributed by atoms with Gasteiger partial charge in [-0.15, -0.1) is 0 Å². The summed E-state index contributed by atoms with van der Waals surface area (Å²) >= 11 is 0. The molecule has 134 valence electrons. The minimum Gasteiger partial charge on any atom is -0.493 e. The van der Waals surface area contributed by atoms with E-state index in [9.17, 15) is 9.90 Å². The largest absolute Gasteiger partial charge is 0.493 e. The van der Waals surface area contributed by atoms with Gasteiger partial charge in [0, 0.05) is 0 Å². The summed E-state index contributed by atoms with van der Waals surface area (Å²) in [6.07, 6.45) is 0.444. The van der Waals surface area contributed by atoms with Crippen molar-refractivity contribution in [3.63, 3.8) is 0 Å². The summed E-state index contributed by atoms with van der Waals surface area (Å²) in [5.41, 5.74) is 3.81. The van der Waals surface area contributed by atoms with E-state index in [1.807, 2.05) is 64.1 Å². The average Bonchev–Trinajstić information content (AvgIpc) is 2.55. The second-order valence-corrected chi connectivity index (χ2v) is 6.61. The van der Waals surface area contributed by atoms with E-state index in [2.05, 4.69) is 0 Å². The maximum absolute atomic E-state index is 11.9. The van der Waals surface area contributed by atoms with Gasteiger partial charge in [0.25, 0.3) is 0 Å². The van der Waals surface area contributed by atoms with Crippen LogP contribution in [0.3, 0.4) is 0 Å². The molecule has 1 unspecified atom stereocenters. The van der Waals surface area contributed by atoms with E-state index in [4.69, 9.17) is 9.47 Å². The number of aryl methyl sites for hydroxylation is 2. The standard InChI is InChI=1S/C21H26O4/c1-13(2)25-19-9-8-16(12-20(19)24-5)11-18(21(22)23)17-10-14(3)6-7-15(17)4/h6-10,12-13,18H,11H2,1-5H3,(H,22,23). The van der Waals surface area contributed by atoms with E-state index in [1.54, 1.807) is 7.11 Å². The number of hydrogen-bond donors (Lipinski definition) is 1. The molecular formula is C21H26O4. The summed E-state index contributed by atoms with van der Waals surface area (Å²) in [4.78, 5) is 11.9. The van der Waals surface area contributed by atoms with Crippen LogP contribution in [0.1, 0.15) is 42.0 Å². The van der Waals surface area contributed by atoms with Crippen LogP contribution in [0.25, 0.3) is 0 Å². The molecule has 2 rings (SSSR count). The molecule has 0 saturated heterocycles. The summed E-state index contributed by atoms with van der Waals surface area (Å²) in [6, 6.07) is 11.5. The van der Waals surface area contributed by atoms with Gasteiger partial charge in [0.2, 0.25) is 0 Å². The Morgan fingerprint density at radius 2 is 1.80 bits per heavy atom. The Bertz CT molecular complexity index is 750. The molecule has 4 heteroatoms. The van der Waals surface area contributed by atoms with Crippen LogP contribution in [0, 0.1) is 13.8 Å². The lowest BCUT2D eigenvalue weighted by Gasteiger charge is -2.18. The summed E-state index contributed by atoms with van der Waals surface area (Å²) in [5, 5.41) is 9.75. The van der Waals surface area contributed by atoms with Crippen molar-refractivity contribution in [3.05, 3.63) is 58.7 Å². The number of carboxylic acids is 1. The molecule has 0 aliphatic carbocycles. The van der Waals surface area contributed by atoms with E-state index in [0.717, 1.165) is 22.3 Å². The number of methoxy groups -OCH3 is 1. The van der Waals surface area contributed by atoms with Crippen LogP contribution in [0.2, 0.25) is 0 Å². The highest BCUT2D eigenvalue weighted by molar-refractivity contribution is 5.77. The lowest BCUT2D eigenvalue weighted by molar-refractivity contribution is -0.138. The zero-order valence-electron chi connectivity index (χ0n) is 15.5. The molecule has 0 radical (unpaired) electrons. The van der Waals surface area contributed by atoms with Gasteiger partial charge in [-0.25, -0.2) is 0 Å². The van der Waals surface area contributed by atoms with Crippen LogP contribution in [0.15, 0.2) is 36.4 Å². The Balaban J connectivity index is 2.34. The van der Waals surface area contributed by atoms with E-state index in [1.165, 1.54) is 0 Å². The summed E-state index contributed by atoms with van der Waals surface area (Å²) in [6.45, 7) is 7.83. The third kappa shape index (κ3) is 4.75. The van der Waals surface area contributed by atoms with Gasteiger partial charge in [-0.3, -0.25) is 4.79 Å². The molecule has 0 aliphatic heterocycles. The number of carboxylic acid groups (broad SMARTS) is 1. The zero-order valence-corrected chi connectivity index (χ0v) is 15.5. The Hall–Kier alpha value is -2.49. The molecule has 0 saturated carbocycles. The summed E-state index contributed by atoms with van der Waals surface area (Å²) in [5.74, 6) is -0.132. The third-order valence-electron chi connectivity index (χ3n) is 4.14. The Morgan fingerprint density at radius 3 is 2.40 bits per heavy atom. The van der Waals surface area contributed by atoms with Gasteiger partial charge >= 0.3 is 5.97 Å². The van der Waals surface area contributed by atoms with Gasteiger partial charge in [-0.1, -0.05) is 29.8 Å². The summed E-state index contributed by atoms with van der Waals surface area (Å²) in [7, 11) is 1.59. The smallest absolute Gasteiger partial charge is 0.311 e. The number of benzene rings is 2. The average molecular weight is 342 g/mol. The fourth-order valence-electron chi connectivity index (χ4n) is 2.89. The van der Waals surface area contributed by atoms with Crippen molar-refractivity contribution in [3.8, 4) is 11.5 Å². The van der Waals surface area contributed by atoms with Crippen LogP contribution in [0.5, 0.6) is 11.5 Å². The van der Waals surface area contributed by atoms with Crippen molar-refractivity contribution < 1.29 is 19.4 Å². The molecule has 2 aromatic carbocycles. The highest BCUT2D eigenvalue weighted by atomic mass is 16.5. The minimum atomic E-state index is -0.824. The van der Waals surface area contributed by atoms with Crippen LogP contribution >= 0.6 is 0 Å². The molecule has 0 amide bonds. The highest BCUT2D eigenvalue weighted by Gasteiger charge is 2.23. The molecule has 0 heterocycles. The van der Waals surface area contributed by atoms with Crippen LogP contribution in [0.4, 0.5) is 0 Å². The molecule has 0 aromatic heterocycles. The van der Waals surface area contributed by atoms with Crippen molar-refractivity contribution >= 4 is 5.97 Å². The maximum Gasteiger partial charge on any atom is 0.311 e. The van der Waals surface area contributed by atoms with Crippen molar-refractivity contribution in [1.82, 2.24) is 0 Å². The SMILES string of the molecule is COc1cc(CC(C(=O)O)c2cc(C)ccc2C)ccc1OC(C)C. The van der Waals surface area contributed by atoms with Crippen LogP contribution < -0.4 is 9.47 Å². The van der Waals surface area contributed by atoms with E-state index in [0.29, 0.717) is 17.9 Å². The number of carbonyl (C=O) groups is 1. The first-order valence-corrected chi connectivity index (χ1v) is 8.45. The molecule has 0 fully saturated rings. The first-order chi connectivity index (χ1) is 11.8. The second kappa shape index (κ2) is 8.06. The minimum absolute atomic E-state index is 0.0430. The predicted octanol–water partition coefficient (Wildman–Crippen LogP) is 4.51. The van der Waals surface area contributed by atoms with Gasteiger partial charge in [0.05, 0.1) is 19.1 Å². The molecule has 2 aromatic rings. The van der Waals surface area contributed by atoms with Crippen molar-refractivity contribution in [2.45, 2.75) is 46.1 Å². The molecule has 25 heavy (non-hydrogen) atoms. The molecule has 0 spiro atoms. The van der Waals surface area contributed by atoms with Crippen molar-refractivity contribution in [2.75, 3.05) is 7.11 Å². The number of hydrogen-bond acceptors (Lipinski definition) is 3. The van der Waals surface area contributed by atoms with Crippen molar-refractivity contribution in [1.29, 1.82) is 0 Å². The topological polar surface area (TPSA) is 55.8 Å². The Labute approximate surface area is 149 Å². The van der Waals surface area contributed by atoms with Gasteiger partial charge in [0.1, 0.15) is 0 Å². The second-order valence-electron chi connectivity index (χ2n) is 6.61. The van der Waals surface area contributed by atoms with Gasteiger partial charge < -0.3 is 14.6 Å². The monoisotopic (exact) mass is 342 g/mol.